The second kappa shape index (κ2) is 8.52. The quantitative estimate of drug-likeness (QED) is 0.553. The minimum absolute atomic E-state index is 0.0901. The van der Waals surface area contributed by atoms with Gasteiger partial charge in [-0.05, 0) is 48.5 Å². The largest absolute Gasteiger partial charge is 0.463 e. The summed E-state index contributed by atoms with van der Waals surface area (Å²) < 4.78 is 5.64. The number of amides is 2. The Morgan fingerprint density at radius 3 is 2.57 bits per heavy atom. The van der Waals surface area contributed by atoms with E-state index in [1.807, 2.05) is 0 Å². The Hall–Kier alpha value is -3.43. The van der Waals surface area contributed by atoms with Crippen LogP contribution in [0.3, 0.4) is 0 Å². The molecule has 0 unspecified atom stereocenters. The van der Waals surface area contributed by atoms with E-state index in [0.29, 0.717) is 33.7 Å². The van der Waals surface area contributed by atoms with Crippen LogP contribution in [0.15, 0.2) is 54.7 Å². The first-order chi connectivity index (χ1) is 14.5. The van der Waals surface area contributed by atoms with Crippen LogP contribution in [-0.4, -0.2) is 36.0 Å². The molecular weight excluding hydrogens is 426 g/mol. The molecule has 3 N–H and O–H groups in total. The Labute approximate surface area is 181 Å². The fraction of sp³-hybridized carbons (Fsp3) is 0.100. The first-order valence-electron chi connectivity index (χ1n) is 8.93. The molecule has 0 atom stereocenters. The summed E-state index contributed by atoms with van der Waals surface area (Å²) in [5.74, 6) is -0.825. The lowest BCUT2D eigenvalue weighted by molar-refractivity contribution is 0.102. The fourth-order valence-electron chi connectivity index (χ4n) is 2.88. The van der Waals surface area contributed by atoms with Crippen molar-refractivity contribution in [2.45, 2.75) is 0 Å². The van der Waals surface area contributed by atoms with Crippen molar-refractivity contribution in [2.24, 2.45) is 0 Å². The maximum Gasteiger partial charge on any atom is 0.289 e. The lowest BCUT2D eigenvalue weighted by Gasteiger charge is -2.15. The second-order valence-corrected chi connectivity index (χ2v) is 7.98. The van der Waals surface area contributed by atoms with Gasteiger partial charge >= 0.3 is 0 Å². The van der Waals surface area contributed by atoms with E-state index in [1.54, 1.807) is 53.4 Å². The van der Waals surface area contributed by atoms with Crippen LogP contribution in [0.4, 0.5) is 17.1 Å². The normalized spacial score (nSPS) is 13.1. The molecule has 1 aliphatic heterocycles. The van der Waals surface area contributed by atoms with E-state index in [2.05, 4.69) is 15.6 Å². The van der Waals surface area contributed by atoms with Crippen LogP contribution in [0.5, 0.6) is 0 Å². The molecule has 1 aromatic carbocycles. The average Bonchev–Trinajstić information content (AvgIpc) is 3.37. The lowest BCUT2D eigenvalue weighted by Crippen LogP contribution is -2.24. The van der Waals surface area contributed by atoms with Crippen LogP contribution in [0.2, 0.25) is 4.34 Å². The minimum Gasteiger partial charge on any atom is -0.463 e. The fourth-order valence-corrected chi connectivity index (χ4v) is 3.82. The average molecular weight is 442 g/mol. The van der Waals surface area contributed by atoms with E-state index < -0.39 is 5.91 Å². The molecule has 30 heavy (non-hydrogen) atoms. The highest BCUT2D eigenvalue weighted by Crippen LogP contribution is 2.24. The molecule has 1 fully saturated rings. The molecule has 3 aromatic rings. The number of anilines is 3. The van der Waals surface area contributed by atoms with Gasteiger partial charge in [0, 0.05) is 17.6 Å². The van der Waals surface area contributed by atoms with E-state index >= 15 is 0 Å². The molecular formula is C20H16ClN5O3S. The smallest absolute Gasteiger partial charge is 0.289 e. The molecule has 0 spiro atoms. The number of hydrogen-bond donors (Lipinski definition) is 3. The van der Waals surface area contributed by atoms with Gasteiger partial charge in [-0.3, -0.25) is 19.9 Å². The van der Waals surface area contributed by atoms with E-state index in [9.17, 15) is 9.59 Å². The number of rotatable bonds is 5. The van der Waals surface area contributed by atoms with Gasteiger partial charge in [0.1, 0.15) is 6.61 Å². The summed E-state index contributed by atoms with van der Waals surface area (Å²) in [4.78, 5) is 31.4. The molecule has 8 nitrogen and oxygen atoms in total. The zero-order valence-electron chi connectivity index (χ0n) is 15.5. The van der Waals surface area contributed by atoms with Crippen molar-refractivity contribution in [1.29, 1.82) is 5.41 Å². The Bertz CT molecular complexity index is 1120. The SMILES string of the molecule is N=C1OCCN1c1ccc(NC(=O)c2ncccc2NC(=O)c2ccc(Cl)s2)cc1. The second-order valence-electron chi connectivity index (χ2n) is 6.26. The highest BCUT2D eigenvalue weighted by molar-refractivity contribution is 7.18. The number of nitrogens with one attached hydrogen (secondary N) is 3. The molecule has 1 aliphatic rings. The lowest BCUT2D eigenvalue weighted by atomic mass is 10.2. The van der Waals surface area contributed by atoms with Crippen molar-refractivity contribution in [3.8, 4) is 0 Å². The number of nitrogens with zero attached hydrogens (tertiary/aromatic N) is 2. The van der Waals surface area contributed by atoms with Crippen LogP contribution < -0.4 is 15.5 Å². The van der Waals surface area contributed by atoms with Crippen molar-refractivity contribution in [3.63, 3.8) is 0 Å². The summed E-state index contributed by atoms with van der Waals surface area (Å²) in [5.41, 5.74) is 1.75. The van der Waals surface area contributed by atoms with Crippen LogP contribution in [0, 0.1) is 5.41 Å². The molecule has 152 valence electrons. The van der Waals surface area contributed by atoms with Gasteiger partial charge in [-0.15, -0.1) is 11.3 Å². The van der Waals surface area contributed by atoms with E-state index in [4.69, 9.17) is 21.7 Å². The third kappa shape index (κ3) is 4.27. The number of amidine groups is 1. The predicted molar refractivity (Wildman–Crippen MR) is 117 cm³/mol. The number of carbonyl (C=O) groups excluding carboxylic acids is 2. The molecule has 2 amide bonds. The van der Waals surface area contributed by atoms with Crippen LogP contribution in [-0.2, 0) is 4.74 Å². The third-order valence-corrected chi connectivity index (χ3v) is 5.53. The van der Waals surface area contributed by atoms with Crippen molar-refractivity contribution in [2.75, 3.05) is 28.7 Å². The zero-order valence-corrected chi connectivity index (χ0v) is 17.1. The highest BCUT2D eigenvalue weighted by Gasteiger charge is 2.20. The van der Waals surface area contributed by atoms with Gasteiger partial charge in [-0.1, -0.05) is 11.6 Å². The monoisotopic (exact) mass is 441 g/mol. The molecule has 3 heterocycles. The zero-order chi connectivity index (χ0) is 21.1. The number of benzene rings is 1. The number of pyridine rings is 1. The standard InChI is InChI=1S/C20H16ClN5O3S/c21-16-8-7-15(30-16)18(27)25-14-2-1-9-23-17(14)19(28)24-12-3-5-13(6-4-12)26-10-11-29-20(26)22/h1-9,22H,10-11H2,(H,24,28)(H,25,27). The molecule has 0 saturated carbocycles. The number of hydrogen-bond acceptors (Lipinski definition) is 6. The molecule has 4 rings (SSSR count). The van der Waals surface area contributed by atoms with Gasteiger partial charge in [0.15, 0.2) is 5.69 Å². The van der Waals surface area contributed by atoms with Crippen LogP contribution >= 0.6 is 22.9 Å². The first kappa shape index (κ1) is 19.9. The first-order valence-corrected chi connectivity index (χ1v) is 10.1. The minimum atomic E-state index is -0.458. The summed E-state index contributed by atoms with van der Waals surface area (Å²) in [6, 6.07) is 13.6. The number of aromatic nitrogens is 1. The van der Waals surface area contributed by atoms with Gasteiger partial charge in [0.25, 0.3) is 17.8 Å². The predicted octanol–water partition coefficient (Wildman–Crippen LogP) is 4.07. The Morgan fingerprint density at radius 1 is 1.10 bits per heavy atom. The Kier molecular flexibility index (Phi) is 5.64. The Balaban J connectivity index is 1.47. The van der Waals surface area contributed by atoms with Crippen LogP contribution in [0.1, 0.15) is 20.2 Å². The van der Waals surface area contributed by atoms with E-state index in [-0.39, 0.29) is 17.6 Å². The van der Waals surface area contributed by atoms with Crippen LogP contribution in [0.25, 0.3) is 0 Å². The van der Waals surface area contributed by atoms with E-state index in [1.165, 1.54) is 6.20 Å². The van der Waals surface area contributed by atoms with E-state index in [0.717, 1.165) is 17.0 Å². The third-order valence-electron chi connectivity index (χ3n) is 4.30. The summed E-state index contributed by atoms with van der Waals surface area (Å²) in [5, 5.41) is 13.2. The van der Waals surface area contributed by atoms with Gasteiger partial charge < -0.3 is 15.4 Å². The van der Waals surface area contributed by atoms with Gasteiger partial charge in [-0.25, -0.2) is 4.98 Å². The number of halogens is 1. The molecule has 0 radical (unpaired) electrons. The van der Waals surface area contributed by atoms with Gasteiger partial charge in [-0.2, -0.15) is 0 Å². The van der Waals surface area contributed by atoms with Crippen molar-refractivity contribution in [1.82, 2.24) is 4.98 Å². The number of ether oxygens (including phenoxy) is 1. The van der Waals surface area contributed by atoms with Gasteiger partial charge in [0.05, 0.1) is 21.4 Å². The van der Waals surface area contributed by atoms with Crippen molar-refractivity contribution in [3.05, 3.63) is 69.6 Å². The molecule has 1 saturated heterocycles. The number of thiophene rings is 1. The van der Waals surface area contributed by atoms with Gasteiger partial charge in [0.2, 0.25) is 0 Å². The summed E-state index contributed by atoms with van der Waals surface area (Å²) in [6.07, 6.45) is 1.48. The Morgan fingerprint density at radius 2 is 1.90 bits per heavy atom. The topological polar surface area (TPSA) is 107 Å². The molecule has 0 bridgehead atoms. The summed E-state index contributed by atoms with van der Waals surface area (Å²) >= 11 is 7.03. The van der Waals surface area contributed by atoms with Crippen molar-refractivity contribution >= 4 is 57.8 Å². The summed E-state index contributed by atoms with van der Waals surface area (Å²) in [6.45, 7) is 1.08. The van der Waals surface area contributed by atoms with Crippen molar-refractivity contribution < 1.29 is 14.3 Å². The molecule has 2 aromatic heterocycles. The number of carbonyl (C=O) groups is 2. The molecule has 10 heteroatoms. The molecule has 0 aliphatic carbocycles. The summed E-state index contributed by atoms with van der Waals surface area (Å²) in [7, 11) is 0. The maximum absolute atomic E-state index is 12.7. The maximum atomic E-state index is 12.7. The highest BCUT2D eigenvalue weighted by atomic mass is 35.5.